The topological polar surface area (TPSA) is 123 Å². The molecule has 4 heterocycles. The van der Waals surface area contributed by atoms with E-state index in [4.69, 9.17) is 14.2 Å². The first kappa shape index (κ1) is 24.2. The molecule has 1 unspecified atom stereocenters. The fourth-order valence-corrected chi connectivity index (χ4v) is 3.63. The van der Waals surface area contributed by atoms with Crippen LogP contribution in [0.5, 0.6) is 17.4 Å². The van der Waals surface area contributed by atoms with Crippen LogP contribution >= 0.6 is 0 Å². The summed E-state index contributed by atoms with van der Waals surface area (Å²) in [5.74, 6) is 4.62. The quantitative estimate of drug-likeness (QED) is 0.407. The van der Waals surface area contributed by atoms with Crippen molar-refractivity contribution in [2.45, 2.75) is 11.6 Å². The maximum atomic E-state index is 13.3. The Hall–Kier alpha value is -4.53. The number of likely N-dealkylation sites (N-methyl/N-ethyl adjacent to an activating group) is 1. The Morgan fingerprint density at radius 2 is 2.11 bits per heavy atom. The Morgan fingerprint density at radius 1 is 1.27 bits per heavy atom. The number of halogens is 1. The number of amides is 2. The first-order valence-corrected chi connectivity index (χ1v) is 11.2. The SMILES string of the molecule is CN1C(=O)C(NC(=O)c2cc(Oc3cccc(F)n3)ccn2)COc2ccc(C#CC3(O)COC3)cc21. The number of carbonyl (C=O) groups is 2. The standard InChI is InChI=1S/C26H21FN4O6/c1-31-20-11-16(7-9-26(34)14-35-15-26)5-6-21(20)36-13-19(25(31)33)29-24(32)18-12-17(8-10-28-18)37-23-4-2-3-22(27)30-23/h2-6,8,10-12,19,34H,13-15H2,1H3,(H,29,32). The molecule has 2 aliphatic rings. The predicted molar refractivity (Wildman–Crippen MR) is 128 cm³/mol. The van der Waals surface area contributed by atoms with Crippen molar-refractivity contribution in [3.63, 3.8) is 0 Å². The Labute approximate surface area is 211 Å². The second-order valence-corrected chi connectivity index (χ2v) is 8.47. The van der Waals surface area contributed by atoms with Crippen molar-refractivity contribution < 1.29 is 33.3 Å². The van der Waals surface area contributed by atoms with Crippen molar-refractivity contribution in [3.8, 4) is 29.2 Å². The van der Waals surface area contributed by atoms with E-state index in [0.717, 1.165) is 0 Å². The van der Waals surface area contributed by atoms with Crippen molar-refractivity contribution in [1.82, 2.24) is 15.3 Å². The largest absolute Gasteiger partial charge is 0.489 e. The number of fused-ring (bicyclic) bond motifs is 1. The molecular formula is C26H21FN4O6. The van der Waals surface area contributed by atoms with Crippen LogP contribution < -0.4 is 19.7 Å². The van der Waals surface area contributed by atoms with Crippen LogP contribution in [0.2, 0.25) is 0 Å². The van der Waals surface area contributed by atoms with Gasteiger partial charge in [-0.05, 0) is 30.3 Å². The zero-order chi connectivity index (χ0) is 26.0. The lowest BCUT2D eigenvalue weighted by molar-refractivity contribution is -0.140. The second-order valence-electron chi connectivity index (χ2n) is 8.47. The lowest BCUT2D eigenvalue weighted by Gasteiger charge is -2.30. The van der Waals surface area contributed by atoms with E-state index in [1.807, 2.05) is 0 Å². The van der Waals surface area contributed by atoms with Crippen molar-refractivity contribution in [3.05, 3.63) is 71.9 Å². The third-order valence-electron chi connectivity index (χ3n) is 5.66. The van der Waals surface area contributed by atoms with E-state index >= 15 is 0 Å². The number of aliphatic hydroxyl groups is 1. The summed E-state index contributed by atoms with van der Waals surface area (Å²) < 4.78 is 29.6. The molecule has 1 atom stereocenters. The molecular weight excluding hydrogens is 483 g/mol. The van der Waals surface area contributed by atoms with Gasteiger partial charge in [0.25, 0.3) is 11.8 Å². The van der Waals surface area contributed by atoms with Crippen molar-refractivity contribution in [2.24, 2.45) is 0 Å². The van der Waals surface area contributed by atoms with E-state index in [9.17, 15) is 19.1 Å². The summed E-state index contributed by atoms with van der Waals surface area (Å²) in [6.45, 7) is 0.201. The smallest absolute Gasteiger partial charge is 0.270 e. The van der Waals surface area contributed by atoms with Crippen LogP contribution in [0.15, 0.2) is 54.7 Å². The van der Waals surface area contributed by atoms with Crippen LogP contribution in [0.1, 0.15) is 16.1 Å². The van der Waals surface area contributed by atoms with Crippen molar-refractivity contribution in [2.75, 3.05) is 31.8 Å². The average Bonchev–Trinajstić information content (AvgIpc) is 2.98. The summed E-state index contributed by atoms with van der Waals surface area (Å²) in [7, 11) is 1.57. The molecule has 2 N–H and O–H groups in total. The number of rotatable bonds is 4. The van der Waals surface area contributed by atoms with Crippen LogP contribution in [0.25, 0.3) is 0 Å². The van der Waals surface area contributed by atoms with Crippen LogP contribution in [0.4, 0.5) is 10.1 Å². The summed E-state index contributed by atoms with van der Waals surface area (Å²) in [4.78, 5) is 35.1. The fraction of sp³-hybridized carbons (Fsp3) is 0.231. The van der Waals surface area contributed by atoms with Crippen LogP contribution in [0.3, 0.4) is 0 Å². The minimum Gasteiger partial charge on any atom is -0.489 e. The van der Waals surface area contributed by atoms with E-state index in [2.05, 4.69) is 27.1 Å². The molecule has 188 valence electrons. The second kappa shape index (κ2) is 9.85. The first-order valence-electron chi connectivity index (χ1n) is 11.2. The van der Waals surface area contributed by atoms with E-state index in [1.54, 1.807) is 25.2 Å². The normalized spacial score (nSPS) is 17.8. The van der Waals surface area contributed by atoms with Gasteiger partial charge in [-0.15, -0.1) is 0 Å². The molecule has 0 spiro atoms. The van der Waals surface area contributed by atoms with Gasteiger partial charge in [-0.25, -0.2) is 0 Å². The van der Waals surface area contributed by atoms with E-state index in [-0.39, 0.29) is 37.1 Å². The maximum absolute atomic E-state index is 13.3. The molecule has 0 aliphatic carbocycles. The third kappa shape index (κ3) is 5.35. The number of pyridine rings is 2. The number of aromatic nitrogens is 2. The highest BCUT2D eigenvalue weighted by Gasteiger charge is 2.34. The number of nitrogens with zero attached hydrogens (tertiary/aromatic N) is 3. The summed E-state index contributed by atoms with van der Waals surface area (Å²) >= 11 is 0. The van der Waals surface area contributed by atoms with Gasteiger partial charge in [0.05, 0.1) is 18.9 Å². The number of benzene rings is 1. The zero-order valence-electron chi connectivity index (χ0n) is 19.6. The Kier molecular flexibility index (Phi) is 6.43. The highest BCUT2D eigenvalue weighted by Crippen LogP contribution is 2.31. The summed E-state index contributed by atoms with van der Waals surface area (Å²) in [5, 5.41) is 12.7. The van der Waals surface area contributed by atoms with Gasteiger partial charge in [-0.2, -0.15) is 9.37 Å². The summed E-state index contributed by atoms with van der Waals surface area (Å²) in [5.41, 5.74) is -0.119. The molecule has 0 saturated carbocycles. The van der Waals surface area contributed by atoms with Gasteiger partial charge in [-0.1, -0.05) is 17.9 Å². The van der Waals surface area contributed by atoms with E-state index in [0.29, 0.717) is 17.0 Å². The number of nitrogens with one attached hydrogen (secondary N) is 1. The highest BCUT2D eigenvalue weighted by molar-refractivity contribution is 6.03. The molecule has 2 aliphatic heterocycles. The van der Waals surface area contributed by atoms with E-state index in [1.165, 1.54) is 41.4 Å². The minimum absolute atomic E-state index is 0.0124. The van der Waals surface area contributed by atoms with Crippen molar-refractivity contribution in [1.29, 1.82) is 0 Å². The lowest BCUT2D eigenvalue weighted by atomic mass is 10.0. The highest BCUT2D eigenvalue weighted by atomic mass is 19.1. The molecule has 1 aromatic carbocycles. The molecule has 3 aromatic rings. The summed E-state index contributed by atoms with van der Waals surface area (Å²) in [6.07, 6.45) is 1.35. The third-order valence-corrected chi connectivity index (χ3v) is 5.66. The molecule has 0 radical (unpaired) electrons. The van der Waals surface area contributed by atoms with Gasteiger partial charge in [0.2, 0.25) is 11.8 Å². The fourth-order valence-electron chi connectivity index (χ4n) is 3.63. The van der Waals surface area contributed by atoms with Crippen LogP contribution in [-0.4, -0.2) is 65.4 Å². The number of hydrogen-bond donors (Lipinski definition) is 2. The summed E-state index contributed by atoms with van der Waals surface area (Å²) in [6, 6.07) is 11.0. The monoisotopic (exact) mass is 504 g/mol. The number of ether oxygens (including phenoxy) is 3. The molecule has 0 bridgehead atoms. The molecule has 2 aromatic heterocycles. The van der Waals surface area contributed by atoms with Crippen LogP contribution in [-0.2, 0) is 9.53 Å². The molecule has 1 saturated heterocycles. The van der Waals surface area contributed by atoms with Gasteiger partial charge in [-0.3, -0.25) is 14.6 Å². The van der Waals surface area contributed by atoms with Gasteiger partial charge in [0.15, 0.2) is 5.60 Å². The Bertz CT molecular complexity index is 1430. The molecule has 2 amide bonds. The number of hydrogen-bond acceptors (Lipinski definition) is 8. The maximum Gasteiger partial charge on any atom is 0.270 e. The molecule has 5 rings (SSSR count). The Balaban J connectivity index is 1.29. The van der Waals surface area contributed by atoms with Gasteiger partial charge < -0.3 is 29.5 Å². The first-order chi connectivity index (χ1) is 17.8. The Morgan fingerprint density at radius 3 is 2.86 bits per heavy atom. The molecule has 37 heavy (non-hydrogen) atoms. The van der Waals surface area contributed by atoms with Gasteiger partial charge >= 0.3 is 0 Å². The van der Waals surface area contributed by atoms with Crippen molar-refractivity contribution >= 4 is 17.5 Å². The predicted octanol–water partition coefficient (Wildman–Crippen LogP) is 1.67. The lowest BCUT2D eigenvalue weighted by Crippen LogP contribution is -2.49. The average molecular weight is 504 g/mol. The van der Waals surface area contributed by atoms with E-state index < -0.39 is 29.4 Å². The van der Waals surface area contributed by atoms with Gasteiger partial charge in [0.1, 0.15) is 29.8 Å². The van der Waals surface area contributed by atoms with Gasteiger partial charge in [0, 0.05) is 30.9 Å². The minimum atomic E-state index is -1.16. The zero-order valence-corrected chi connectivity index (χ0v) is 19.6. The number of anilines is 1. The molecule has 10 nitrogen and oxygen atoms in total. The number of carbonyl (C=O) groups excluding carboxylic acids is 2. The van der Waals surface area contributed by atoms with Crippen LogP contribution in [0, 0.1) is 17.8 Å². The molecule has 1 fully saturated rings. The molecule has 11 heteroatoms.